The zero-order chi connectivity index (χ0) is 4.57. The van der Waals surface area contributed by atoms with Gasteiger partial charge in [0.05, 0.1) is 0 Å². The van der Waals surface area contributed by atoms with Crippen molar-refractivity contribution in [3.05, 3.63) is 11.5 Å². The molecule has 0 radical (unpaired) electrons. The molecule has 6 heavy (non-hydrogen) atoms. The van der Waals surface area contributed by atoms with E-state index in [4.69, 9.17) is 12.2 Å². The number of allylic oxidation sites excluding steroid dienone is 1. The van der Waals surface area contributed by atoms with Crippen LogP contribution in [0.3, 0.4) is 0 Å². The van der Waals surface area contributed by atoms with Gasteiger partial charge in [-0.05, 0) is 0 Å². The summed E-state index contributed by atoms with van der Waals surface area (Å²) in [5.74, 6) is 1.02. The normalized spacial score (nSPS) is 20.7. The third kappa shape index (κ3) is 0.502. The van der Waals surface area contributed by atoms with Crippen LogP contribution >= 0.6 is 24.0 Å². The van der Waals surface area contributed by atoms with Crippen LogP contribution in [0.25, 0.3) is 0 Å². The first kappa shape index (κ1) is 4.34. The van der Waals surface area contributed by atoms with Crippen LogP contribution in [0.4, 0.5) is 0 Å². The van der Waals surface area contributed by atoms with Crippen molar-refractivity contribution in [3.63, 3.8) is 0 Å². The summed E-state index contributed by atoms with van der Waals surface area (Å²) in [5.41, 5.74) is 0. The molecule has 1 saturated heterocycles. The lowest BCUT2D eigenvalue weighted by Gasteiger charge is -2.13. The van der Waals surface area contributed by atoms with Crippen molar-refractivity contribution in [1.29, 1.82) is 0 Å². The van der Waals surface area contributed by atoms with E-state index in [9.17, 15) is 0 Å². The fraction of sp³-hybridized carbons (Fsp3) is 0.250. The third-order valence-electron chi connectivity index (χ3n) is 0.688. The minimum Gasteiger partial charge on any atom is -0.120 e. The molecule has 0 N–H and O–H groups in total. The van der Waals surface area contributed by atoms with Gasteiger partial charge < -0.3 is 0 Å². The second-order valence-corrected chi connectivity index (χ2v) is 2.70. The lowest BCUT2D eigenvalue weighted by Crippen LogP contribution is -2.09. The molecule has 1 rings (SSSR count). The Morgan fingerprint density at radius 3 is 2.33 bits per heavy atom. The van der Waals surface area contributed by atoms with E-state index in [1.54, 1.807) is 11.8 Å². The van der Waals surface area contributed by atoms with Gasteiger partial charge in [-0.3, -0.25) is 0 Å². The third-order valence-corrected chi connectivity index (χ3v) is 2.42. The number of thioether (sulfide) groups is 1. The van der Waals surface area contributed by atoms with Gasteiger partial charge in [0.2, 0.25) is 0 Å². The van der Waals surface area contributed by atoms with E-state index in [0.29, 0.717) is 0 Å². The Morgan fingerprint density at radius 1 is 1.83 bits per heavy atom. The van der Waals surface area contributed by atoms with Gasteiger partial charge in [-0.2, -0.15) is 0 Å². The van der Waals surface area contributed by atoms with Crippen molar-refractivity contribution in [2.24, 2.45) is 0 Å². The molecule has 0 aliphatic carbocycles. The molecular formula is C4H4S2. The van der Waals surface area contributed by atoms with Crippen LogP contribution in [0.5, 0.6) is 0 Å². The van der Waals surface area contributed by atoms with Gasteiger partial charge in [-0.15, -0.1) is 11.8 Å². The maximum absolute atomic E-state index is 4.79. The molecule has 0 bridgehead atoms. The van der Waals surface area contributed by atoms with Crippen molar-refractivity contribution < 1.29 is 0 Å². The average Bonchev–Trinajstić information content (AvgIpc) is 1.61. The van der Waals surface area contributed by atoms with E-state index in [-0.39, 0.29) is 0 Å². The Balaban J connectivity index is 2.61. The molecule has 1 aliphatic heterocycles. The Kier molecular flexibility index (Phi) is 0.979. The van der Waals surface area contributed by atoms with Gasteiger partial charge in [0.1, 0.15) is 0 Å². The van der Waals surface area contributed by atoms with Crippen LogP contribution in [-0.2, 0) is 0 Å². The molecule has 32 valence electrons. The summed E-state index contributed by atoms with van der Waals surface area (Å²) in [6.45, 7) is 3.66. The first-order chi connectivity index (χ1) is 2.80. The van der Waals surface area contributed by atoms with Gasteiger partial charge in [-0.1, -0.05) is 18.8 Å². The van der Waals surface area contributed by atoms with E-state index < -0.39 is 0 Å². The smallest absolute Gasteiger partial charge is 0.0384 e. The predicted octanol–water partition coefficient (Wildman–Crippen LogP) is 1.62. The molecule has 1 fully saturated rings. The predicted molar refractivity (Wildman–Crippen MR) is 34.2 cm³/mol. The zero-order valence-corrected chi connectivity index (χ0v) is 4.86. The fourth-order valence-corrected chi connectivity index (χ4v) is 1.05. The van der Waals surface area contributed by atoms with Crippen molar-refractivity contribution in [1.82, 2.24) is 0 Å². The van der Waals surface area contributed by atoms with Crippen LogP contribution in [0.1, 0.15) is 0 Å². The average molecular weight is 116 g/mol. The Labute approximate surface area is 46.6 Å². The zero-order valence-electron chi connectivity index (χ0n) is 3.23. The molecule has 0 spiro atoms. The van der Waals surface area contributed by atoms with Gasteiger partial charge in [0.15, 0.2) is 0 Å². The maximum atomic E-state index is 4.79. The van der Waals surface area contributed by atoms with Gasteiger partial charge in [0, 0.05) is 15.5 Å². The lowest BCUT2D eigenvalue weighted by molar-refractivity contribution is 1.91. The minimum absolute atomic E-state index is 1.02. The van der Waals surface area contributed by atoms with Crippen LogP contribution in [0.15, 0.2) is 11.5 Å². The Hall–Kier alpha value is 0.180. The number of rotatable bonds is 0. The van der Waals surface area contributed by atoms with Crippen molar-refractivity contribution >= 4 is 28.8 Å². The molecule has 0 atom stereocenters. The molecule has 0 aromatic heterocycles. The number of hydrogen-bond acceptors (Lipinski definition) is 2. The van der Waals surface area contributed by atoms with Crippen molar-refractivity contribution in [2.75, 3.05) is 5.75 Å². The van der Waals surface area contributed by atoms with E-state index in [1.165, 1.54) is 0 Å². The molecular weight excluding hydrogens is 112 g/mol. The Bertz CT molecular complexity index is 90.1. The van der Waals surface area contributed by atoms with Gasteiger partial charge in [-0.25, -0.2) is 0 Å². The van der Waals surface area contributed by atoms with E-state index in [0.717, 1.165) is 15.5 Å². The summed E-state index contributed by atoms with van der Waals surface area (Å²) in [6, 6.07) is 0. The minimum atomic E-state index is 1.02. The summed E-state index contributed by atoms with van der Waals surface area (Å²) in [7, 11) is 0. The highest BCUT2D eigenvalue weighted by atomic mass is 32.2. The van der Waals surface area contributed by atoms with Gasteiger partial charge in [0.25, 0.3) is 0 Å². The quantitative estimate of drug-likeness (QED) is 0.348. The molecule has 1 heterocycles. The standard InChI is InChI=1S/C4H4S2/c1-3-4(5)2-6-3/h1-2H2. The highest BCUT2D eigenvalue weighted by Gasteiger charge is 2.12. The van der Waals surface area contributed by atoms with Crippen molar-refractivity contribution in [3.8, 4) is 0 Å². The summed E-state index contributed by atoms with van der Waals surface area (Å²) in [6.07, 6.45) is 0. The molecule has 0 aromatic rings. The summed E-state index contributed by atoms with van der Waals surface area (Å²) < 4.78 is 0. The lowest BCUT2D eigenvalue weighted by atomic mass is 10.4. The van der Waals surface area contributed by atoms with Crippen LogP contribution < -0.4 is 0 Å². The number of hydrogen-bond donors (Lipinski definition) is 0. The van der Waals surface area contributed by atoms with E-state index in [1.807, 2.05) is 0 Å². The summed E-state index contributed by atoms with van der Waals surface area (Å²) >= 11 is 6.52. The molecule has 1 aliphatic rings. The second kappa shape index (κ2) is 1.35. The van der Waals surface area contributed by atoms with E-state index >= 15 is 0 Å². The first-order valence-corrected chi connectivity index (χ1v) is 3.05. The summed E-state index contributed by atoms with van der Waals surface area (Å²) in [5, 5.41) is 0. The molecule has 0 amide bonds. The molecule has 0 unspecified atom stereocenters. The number of thiocarbonyl (C=S) groups is 1. The highest BCUT2D eigenvalue weighted by molar-refractivity contribution is 8.10. The fourth-order valence-electron chi connectivity index (χ4n) is 0.233. The molecule has 0 aromatic carbocycles. The topological polar surface area (TPSA) is 0 Å². The van der Waals surface area contributed by atoms with Crippen molar-refractivity contribution in [2.45, 2.75) is 0 Å². The monoisotopic (exact) mass is 116 g/mol. The summed E-state index contributed by atoms with van der Waals surface area (Å²) in [4.78, 5) is 2.13. The van der Waals surface area contributed by atoms with Gasteiger partial charge >= 0.3 is 0 Å². The first-order valence-electron chi connectivity index (χ1n) is 1.65. The molecule has 0 saturated carbocycles. The largest absolute Gasteiger partial charge is 0.120 e. The van der Waals surface area contributed by atoms with Crippen LogP contribution in [-0.4, -0.2) is 10.6 Å². The highest BCUT2D eigenvalue weighted by Crippen LogP contribution is 2.27. The van der Waals surface area contributed by atoms with Crippen LogP contribution in [0.2, 0.25) is 0 Å². The van der Waals surface area contributed by atoms with Crippen LogP contribution in [0, 0.1) is 0 Å². The van der Waals surface area contributed by atoms with E-state index in [2.05, 4.69) is 6.58 Å². The second-order valence-electron chi connectivity index (χ2n) is 1.14. The molecule has 2 heteroatoms. The molecule has 0 nitrogen and oxygen atoms in total. The SMILES string of the molecule is C=C1SCC1=S. The maximum Gasteiger partial charge on any atom is 0.0384 e. The Morgan fingerprint density at radius 2 is 2.33 bits per heavy atom.